The van der Waals surface area contributed by atoms with E-state index in [4.69, 9.17) is 9.47 Å². The van der Waals surface area contributed by atoms with Gasteiger partial charge in [0.15, 0.2) is 0 Å². The van der Waals surface area contributed by atoms with Crippen LogP contribution in [-0.4, -0.2) is 35.4 Å². The monoisotopic (exact) mass is 308 g/mol. The van der Waals surface area contributed by atoms with Gasteiger partial charge >= 0.3 is 11.9 Å². The number of carbonyl (C=O) groups is 2. The summed E-state index contributed by atoms with van der Waals surface area (Å²) in [4.78, 5) is 22.5. The van der Waals surface area contributed by atoms with Crippen LogP contribution in [0.5, 0.6) is 0 Å². The zero-order valence-electron chi connectivity index (χ0n) is 13.4. The second-order valence-electron chi connectivity index (χ2n) is 6.32. The van der Waals surface area contributed by atoms with Crippen LogP contribution in [0.4, 0.5) is 0 Å². The molecule has 1 fully saturated rings. The summed E-state index contributed by atoms with van der Waals surface area (Å²) < 4.78 is 10.4. The van der Waals surface area contributed by atoms with Crippen LogP contribution in [-0.2, 0) is 19.1 Å². The molecule has 0 aromatic carbocycles. The van der Waals surface area contributed by atoms with Gasteiger partial charge in [-0.1, -0.05) is 19.6 Å². The first-order chi connectivity index (χ1) is 10.3. The van der Waals surface area contributed by atoms with E-state index in [1.54, 1.807) is 6.92 Å². The van der Waals surface area contributed by atoms with Crippen LogP contribution in [0.3, 0.4) is 0 Å². The fourth-order valence-corrected chi connectivity index (χ4v) is 3.37. The zero-order chi connectivity index (χ0) is 16.4. The summed E-state index contributed by atoms with van der Waals surface area (Å²) in [5.41, 5.74) is 1.45. The number of esters is 2. The Morgan fingerprint density at radius 1 is 1.59 bits per heavy atom. The molecular weight excluding hydrogens is 284 g/mol. The lowest BCUT2D eigenvalue weighted by molar-refractivity contribution is -0.146. The third-order valence-electron chi connectivity index (χ3n) is 4.49. The number of carbonyl (C=O) groups excluding carboxylic acids is 2. The van der Waals surface area contributed by atoms with E-state index < -0.39 is 6.10 Å². The molecule has 122 valence electrons. The van der Waals surface area contributed by atoms with Gasteiger partial charge < -0.3 is 14.6 Å². The number of aliphatic hydroxyl groups is 1. The molecule has 0 bridgehead atoms. The van der Waals surface area contributed by atoms with Crippen LogP contribution >= 0.6 is 0 Å². The molecule has 22 heavy (non-hydrogen) atoms. The molecule has 5 heteroatoms. The van der Waals surface area contributed by atoms with Crippen molar-refractivity contribution in [3.05, 3.63) is 23.8 Å². The van der Waals surface area contributed by atoms with Crippen LogP contribution in [0, 0.1) is 11.8 Å². The van der Waals surface area contributed by atoms with Gasteiger partial charge in [-0.25, -0.2) is 4.79 Å². The third-order valence-corrected chi connectivity index (χ3v) is 4.49. The van der Waals surface area contributed by atoms with E-state index in [-0.39, 0.29) is 36.0 Å². The van der Waals surface area contributed by atoms with Gasteiger partial charge in [0.05, 0.1) is 6.10 Å². The van der Waals surface area contributed by atoms with Crippen molar-refractivity contribution in [1.29, 1.82) is 0 Å². The SMILES string of the molecule is C=C1C(=O)OC2CC(C)C(C(O)CC(C)OC(C)=O)=CCC12. The van der Waals surface area contributed by atoms with Gasteiger partial charge in [0.1, 0.15) is 12.2 Å². The highest BCUT2D eigenvalue weighted by Gasteiger charge is 2.41. The van der Waals surface area contributed by atoms with Gasteiger partial charge in [-0.2, -0.15) is 0 Å². The van der Waals surface area contributed by atoms with Crippen molar-refractivity contribution in [3.8, 4) is 0 Å². The zero-order valence-corrected chi connectivity index (χ0v) is 13.4. The number of aliphatic hydroxyl groups excluding tert-OH is 1. The smallest absolute Gasteiger partial charge is 0.334 e. The molecule has 5 atom stereocenters. The Morgan fingerprint density at radius 3 is 2.91 bits per heavy atom. The molecular formula is C17H24O5. The molecule has 0 aromatic rings. The predicted molar refractivity (Wildman–Crippen MR) is 80.8 cm³/mol. The summed E-state index contributed by atoms with van der Waals surface area (Å²) in [5, 5.41) is 10.4. The fourth-order valence-electron chi connectivity index (χ4n) is 3.37. The highest BCUT2D eigenvalue weighted by Crippen LogP contribution is 2.39. The van der Waals surface area contributed by atoms with Crippen molar-refractivity contribution in [3.63, 3.8) is 0 Å². The second-order valence-corrected chi connectivity index (χ2v) is 6.32. The van der Waals surface area contributed by atoms with Gasteiger partial charge in [-0.15, -0.1) is 0 Å². The van der Waals surface area contributed by atoms with E-state index in [0.717, 1.165) is 5.57 Å². The summed E-state index contributed by atoms with van der Waals surface area (Å²) in [5.74, 6) is -0.540. The molecule has 5 unspecified atom stereocenters. The van der Waals surface area contributed by atoms with Gasteiger partial charge in [-0.3, -0.25) is 4.79 Å². The first-order valence-corrected chi connectivity index (χ1v) is 7.74. The van der Waals surface area contributed by atoms with Crippen molar-refractivity contribution in [1.82, 2.24) is 0 Å². The summed E-state index contributed by atoms with van der Waals surface area (Å²) in [6.07, 6.45) is 2.54. The number of allylic oxidation sites excluding steroid dienone is 1. The average molecular weight is 308 g/mol. The number of hydrogen-bond acceptors (Lipinski definition) is 5. The standard InChI is InChI=1S/C17H24O5/c1-9-7-16-14(11(3)17(20)22-16)6-5-13(9)15(19)8-10(2)21-12(4)18/h5,9-10,14-16,19H,3,6-8H2,1-2,4H3. The van der Waals surface area contributed by atoms with E-state index >= 15 is 0 Å². The van der Waals surface area contributed by atoms with Crippen LogP contribution in [0.15, 0.2) is 23.8 Å². The lowest BCUT2D eigenvalue weighted by Crippen LogP contribution is -2.25. The van der Waals surface area contributed by atoms with Crippen molar-refractivity contribution >= 4 is 11.9 Å². The summed E-state index contributed by atoms with van der Waals surface area (Å²) >= 11 is 0. The minimum Gasteiger partial charge on any atom is -0.463 e. The predicted octanol–water partition coefficient (Wildman–Crippen LogP) is 2.14. The first-order valence-electron chi connectivity index (χ1n) is 7.74. The molecule has 1 N–H and O–H groups in total. The van der Waals surface area contributed by atoms with E-state index in [2.05, 4.69) is 6.58 Å². The maximum atomic E-state index is 11.6. The van der Waals surface area contributed by atoms with E-state index in [0.29, 0.717) is 24.8 Å². The molecule has 1 saturated heterocycles. The molecule has 0 saturated carbocycles. The molecule has 5 nitrogen and oxygen atoms in total. The second kappa shape index (κ2) is 6.65. The minimum atomic E-state index is -0.660. The Bertz CT molecular complexity index is 507. The Morgan fingerprint density at radius 2 is 2.27 bits per heavy atom. The highest BCUT2D eigenvalue weighted by molar-refractivity contribution is 5.90. The molecule has 1 aliphatic heterocycles. The minimum absolute atomic E-state index is 0.00513. The lowest BCUT2D eigenvalue weighted by Gasteiger charge is -2.23. The van der Waals surface area contributed by atoms with Gasteiger partial charge in [-0.05, 0) is 31.3 Å². The van der Waals surface area contributed by atoms with Gasteiger partial charge in [0.2, 0.25) is 0 Å². The molecule has 0 aromatic heterocycles. The topological polar surface area (TPSA) is 72.8 Å². The first kappa shape index (κ1) is 16.7. The van der Waals surface area contributed by atoms with E-state index in [1.807, 2.05) is 13.0 Å². The number of rotatable bonds is 4. The Kier molecular flexibility index (Phi) is 5.06. The van der Waals surface area contributed by atoms with Crippen LogP contribution in [0.2, 0.25) is 0 Å². The largest absolute Gasteiger partial charge is 0.463 e. The van der Waals surface area contributed by atoms with Crippen LogP contribution in [0.25, 0.3) is 0 Å². The highest BCUT2D eigenvalue weighted by atomic mass is 16.6. The van der Waals surface area contributed by atoms with Crippen molar-refractivity contribution in [2.75, 3.05) is 0 Å². The van der Waals surface area contributed by atoms with Gasteiger partial charge in [0.25, 0.3) is 0 Å². The molecule has 1 heterocycles. The van der Waals surface area contributed by atoms with Crippen LogP contribution < -0.4 is 0 Å². The maximum Gasteiger partial charge on any atom is 0.334 e. The number of hydrogen-bond donors (Lipinski definition) is 1. The average Bonchev–Trinajstić information content (AvgIpc) is 2.56. The fraction of sp³-hybridized carbons (Fsp3) is 0.647. The Hall–Kier alpha value is -1.62. The Labute approximate surface area is 131 Å². The molecule has 2 rings (SSSR count). The molecule has 1 aliphatic carbocycles. The van der Waals surface area contributed by atoms with E-state index in [9.17, 15) is 14.7 Å². The molecule has 0 amide bonds. The van der Waals surface area contributed by atoms with Crippen molar-refractivity contribution in [2.24, 2.45) is 11.8 Å². The van der Waals surface area contributed by atoms with Crippen molar-refractivity contribution < 1.29 is 24.2 Å². The maximum absolute atomic E-state index is 11.6. The normalized spacial score (nSPS) is 30.7. The molecule has 0 radical (unpaired) electrons. The van der Waals surface area contributed by atoms with Crippen molar-refractivity contribution in [2.45, 2.75) is 58.3 Å². The summed E-state index contributed by atoms with van der Waals surface area (Å²) in [6, 6.07) is 0. The van der Waals surface area contributed by atoms with E-state index in [1.165, 1.54) is 6.92 Å². The van der Waals surface area contributed by atoms with Crippen LogP contribution in [0.1, 0.15) is 40.0 Å². The number of fused-ring (bicyclic) bond motifs is 1. The quantitative estimate of drug-likeness (QED) is 0.489. The summed E-state index contributed by atoms with van der Waals surface area (Å²) in [6.45, 7) is 8.96. The molecule has 0 spiro atoms. The Balaban J connectivity index is 2.04. The molecule has 2 aliphatic rings. The summed E-state index contributed by atoms with van der Waals surface area (Å²) in [7, 11) is 0. The lowest BCUT2D eigenvalue weighted by atomic mass is 9.89. The number of ether oxygens (including phenoxy) is 2. The van der Waals surface area contributed by atoms with Gasteiger partial charge in [0, 0.05) is 24.8 Å². The third kappa shape index (κ3) is 3.58.